The minimum Gasteiger partial charge on any atom is -0.409 e. The van der Waals surface area contributed by atoms with Gasteiger partial charge in [-0.05, 0) is 36.0 Å². The van der Waals surface area contributed by atoms with Crippen molar-refractivity contribution in [3.05, 3.63) is 48.2 Å². The molecule has 1 aromatic carbocycles. The summed E-state index contributed by atoms with van der Waals surface area (Å²) in [7, 11) is 0. The molecule has 0 bridgehead atoms. The van der Waals surface area contributed by atoms with Gasteiger partial charge in [0.15, 0.2) is 10.2 Å². The first kappa shape index (κ1) is 12.9. The van der Waals surface area contributed by atoms with Crippen LogP contribution in [0.2, 0.25) is 0 Å². The standard InChI is InChI=1S/C13H10N4OS2/c14-12(17-18)8-5-6-15-11(7-8)20-13-16-9-3-1-2-4-10(9)19-13/h1-7,18H,(H2,14,17). The average molecular weight is 302 g/mol. The number of rotatable bonds is 3. The zero-order valence-corrected chi connectivity index (χ0v) is 11.9. The van der Waals surface area contributed by atoms with E-state index >= 15 is 0 Å². The topological polar surface area (TPSA) is 84.4 Å². The fraction of sp³-hybridized carbons (Fsp3) is 0. The van der Waals surface area contributed by atoms with Crippen LogP contribution in [-0.4, -0.2) is 21.0 Å². The number of amidine groups is 1. The van der Waals surface area contributed by atoms with Gasteiger partial charge in [0.2, 0.25) is 0 Å². The highest BCUT2D eigenvalue weighted by Crippen LogP contribution is 2.33. The van der Waals surface area contributed by atoms with E-state index in [0.29, 0.717) is 5.56 Å². The fourth-order valence-electron chi connectivity index (χ4n) is 1.67. The highest BCUT2D eigenvalue weighted by atomic mass is 32.2. The first-order chi connectivity index (χ1) is 9.76. The number of nitrogens with two attached hydrogens (primary N) is 1. The monoisotopic (exact) mass is 302 g/mol. The van der Waals surface area contributed by atoms with Crippen LogP contribution in [0.5, 0.6) is 0 Å². The lowest BCUT2D eigenvalue weighted by molar-refractivity contribution is 0.318. The Morgan fingerprint density at radius 2 is 2.15 bits per heavy atom. The lowest BCUT2D eigenvalue weighted by atomic mass is 10.2. The fourth-order valence-corrected chi connectivity index (χ4v) is 3.68. The van der Waals surface area contributed by atoms with Crippen molar-refractivity contribution < 1.29 is 5.21 Å². The molecule has 0 aliphatic heterocycles. The summed E-state index contributed by atoms with van der Waals surface area (Å²) in [4.78, 5) is 8.79. The van der Waals surface area contributed by atoms with Crippen LogP contribution in [0.25, 0.3) is 10.2 Å². The molecule has 0 atom stereocenters. The van der Waals surface area contributed by atoms with Crippen molar-refractivity contribution in [2.24, 2.45) is 10.9 Å². The van der Waals surface area contributed by atoms with Crippen molar-refractivity contribution in [1.82, 2.24) is 9.97 Å². The van der Waals surface area contributed by atoms with E-state index in [1.54, 1.807) is 29.7 Å². The summed E-state index contributed by atoms with van der Waals surface area (Å²) >= 11 is 3.07. The predicted octanol–water partition coefficient (Wildman–Crippen LogP) is 2.94. The number of hydrogen-bond acceptors (Lipinski definition) is 6. The van der Waals surface area contributed by atoms with Gasteiger partial charge in [-0.25, -0.2) is 9.97 Å². The molecule has 20 heavy (non-hydrogen) atoms. The number of hydrogen-bond donors (Lipinski definition) is 2. The second kappa shape index (κ2) is 5.48. The molecule has 0 radical (unpaired) electrons. The van der Waals surface area contributed by atoms with Crippen molar-refractivity contribution in [3.8, 4) is 0 Å². The number of fused-ring (bicyclic) bond motifs is 1. The normalized spacial score (nSPS) is 11.9. The minimum atomic E-state index is 0.0681. The predicted molar refractivity (Wildman–Crippen MR) is 80.5 cm³/mol. The van der Waals surface area contributed by atoms with Gasteiger partial charge in [-0.15, -0.1) is 11.3 Å². The van der Waals surface area contributed by atoms with Crippen molar-refractivity contribution in [2.75, 3.05) is 0 Å². The summed E-state index contributed by atoms with van der Waals surface area (Å²) in [5, 5.41) is 12.4. The summed E-state index contributed by atoms with van der Waals surface area (Å²) in [5.74, 6) is 0.0681. The average Bonchev–Trinajstić information content (AvgIpc) is 2.88. The number of oxime groups is 1. The van der Waals surface area contributed by atoms with Crippen molar-refractivity contribution >= 4 is 39.2 Å². The van der Waals surface area contributed by atoms with E-state index in [1.807, 2.05) is 24.3 Å². The molecule has 100 valence electrons. The number of pyridine rings is 1. The first-order valence-corrected chi connectivity index (χ1v) is 7.37. The highest BCUT2D eigenvalue weighted by molar-refractivity contribution is 8.01. The molecule has 2 heterocycles. The molecule has 0 aliphatic rings. The number of thiazole rings is 1. The van der Waals surface area contributed by atoms with Gasteiger partial charge in [-0.3, -0.25) is 0 Å². The summed E-state index contributed by atoms with van der Waals surface area (Å²) in [6, 6.07) is 11.4. The molecule has 0 saturated heterocycles. The van der Waals surface area contributed by atoms with Gasteiger partial charge < -0.3 is 10.9 Å². The minimum absolute atomic E-state index is 0.0681. The Hall–Kier alpha value is -2.12. The Bertz CT molecular complexity index is 752. The molecule has 3 N–H and O–H groups in total. The zero-order valence-electron chi connectivity index (χ0n) is 10.2. The molecule has 0 unspecified atom stereocenters. The molecule has 7 heteroatoms. The van der Waals surface area contributed by atoms with Gasteiger partial charge in [-0.1, -0.05) is 17.3 Å². The molecule has 0 fully saturated rings. The maximum atomic E-state index is 8.69. The second-order valence-electron chi connectivity index (χ2n) is 3.92. The Kier molecular flexibility index (Phi) is 3.53. The maximum Gasteiger partial charge on any atom is 0.170 e. The molecule has 0 aliphatic carbocycles. The van der Waals surface area contributed by atoms with E-state index in [2.05, 4.69) is 15.1 Å². The molecule has 3 rings (SSSR count). The smallest absolute Gasteiger partial charge is 0.170 e. The Labute approximate surface area is 123 Å². The van der Waals surface area contributed by atoms with Gasteiger partial charge in [0.25, 0.3) is 0 Å². The van der Waals surface area contributed by atoms with Crippen LogP contribution in [0.4, 0.5) is 0 Å². The van der Waals surface area contributed by atoms with Crippen molar-refractivity contribution in [2.45, 2.75) is 9.37 Å². The SMILES string of the molecule is N/C(=N\O)c1ccnc(Sc2nc3ccccc3s2)c1. The van der Waals surface area contributed by atoms with Crippen molar-refractivity contribution in [1.29, 1.82) is 0 Å². The number of aromatic nitrogens is 2. The molecule has 0 spiro atoms. The largest absolute Gasteiger partial charge is 0.409 e. The Morgan fingerprint density at radius 1 is 1.30 bits per heavy atom. The lowest BCUT2D eigenvalue weighted by Gasteiger charge is -2.00. The van der Waals surface area contributed by atoms with Crippen LogP contribution in [-0.2, 0) is 0 Å². The molecule has 0 saturated carbocycles. The van der Waals surface area contributed by atoms with Crippen LogP contribution >= 0.6 is 23.1 Å². The van der Waals surface area contributed by atoms with Gasteiger partial charge in [0, 0.05) is 11.8 Å². The third kappa shape index (κ3) is 2.59. The molecule has 3 aromatic rings. The maximum absolute atomic E-state index is 8.69. The Morgan fingerprint density at radius 3 is 2.95 bits per heavy atom. The molecule has 5 nitrogen and oxygen atoms in total. The molecular formula is C13H10N4OS2. The molecule has 0 amide bonds. The summed E-state index contributed by atoms with van der Waals surface area (Å²) in [6.45, 7) is 0. The van der Waals surface area contributed by atoms with E-state index in [4.69, 9.17) is 10.9 Å². The van der Waals surface area contributed by atoms with E-state index in [1.165, 1.54) is 11.8 Å². The van der Waals surface area contributed by atoms with Gasteiger partial charge in [0.1, 0.15) is 5.03 Å². The quantitative estimate of drug-likeness (QED) is 0.336. The summed E-state index contributed by atoms with van der Waals surface area (Å²) in [5.41, 5.74) is 7.18. The van der Waals surface area contributed by atoms with Crippen LogP contribution < -0.4 is 5.73 Å². The van der Waals surface area contributed by atoms with E-state index in [0.717, 1.165) is 19.6 Å². The summed E-state index contributed by atoms with van der Waals surface area (Å²) < 4.78 is 2.05. The number of benzene rings is 1. The van der Waals surface area contributed by atoms with Crippen LogP contribution in [0.15, 0.2) is 57.1 Å². The zero-order chi connectivity index (χ0) is 13.9. The van der Waals surface area contributed by atoms with Gasteiger partial charge >= 0.3 is 0 Å². The number of para-hydroxylation sites is 1. The van der Waals surface area contributed by atoms with Crippen LogP contribution in [0.1, 0.15) is 5.56 Å². The lowest BCUT2D eigenvalue weighted by Crippen LogP contribution is -2.13. The Balaban J connectivity index is 1.90. The van der Waals surface area contributed by atoms with E-state index in [-0.39, 0.29) is 5.84 Å². The first-order valence-electron chi connectivity index (χ1n) is 5.73. The highest BCUT2D eigenvalue weighted by Gasteiger charge is 2.07. The third-order valence-electron chi connectivity index (χ3n) is 2.60. The van der Waals surface area contributed by atoms with Crippen molar-refractivity contribution in [3.63, 3.8) is 0 Å². The van der Waals surface area contributed by atoms with E-state index < -0.39 is 0 Å². The molecule has 2 aromatic heterocycles. The number of nitrogens with zero attached hydrogens (tertiary/aromatic N) is 3. The van der Waals surface area contributed by atoms with E-state index in [9.17, 15) is 0 Å². The molecular weight excluding hydrogens is 292 g/mol. The van der Waals surface area contributed by atoms with Crippen LogP contribution in [0, 0.1) is 0 Å². The van der Waals surface area contributed by atoms with Crippen LogP contribution in [0.3, 0.4) is 0 Å². The third-order valence-corrected chi connectivity index (χ3v) is 4.63. The van der Waals surface area contributed by atoms with Gasteiger partial charge in [-0.2, -0.15) is 0 Å². The summed E-state index contributed by atoms with van der Waals surface area (Å²) in [6.07, 6.45) is 1.63. The second-order valence-corrected chi connectivity index (χ2v) is 6.22. The van der Waals surface area contributed by atoms with Gasteiger partial charge in [0.05, 0.1) is 10.2 Å².